The number of ether oxygens (including phenoxy) is 1. The Morgan fingerprint density at radius 2 is 2.41 bits per heavy atom. The molecule has 1 N–H and O–H groups in total. The normalized spacial score (nSPS) is 14.2. The fraction of sp³-hybridized carbons (Fsp3) is 0.556. The number of carbonyl (C=O) groups is 1. The topological polar surface area (TPSA) is 107 Å². The van der Waals surface area contributed by atoms with E-state index in [1.807, 2.05) is 0 Å². The van der Waals surface area contributed by atoms with Crippen molar-refractivity contribution in [2.75, 3.05) is 13.7 Å². The summed E-state index contributed by atoms with van der Waals surface area (Å²) in [5.74, 6) is -1.12. The van der Waals surface area contributed by atoms with E-state index in [0.717, 1.165) is 17.1 Å². The Kier molecular flexibility index (Phi) is 3.79. The molecule has 1 heterocycles. The third kappa shape index (κ3) is 2.59. The van der Waals surface area contributed by atoms with Crippen LogP contribution in [0.25, 0.3) is 0 Å². The summed E-state index contributed by atoms with van der Waals surface area (Å²) in [5, 5.41) is 23.4. The number of hydrogen-bond acceptors (Lipinski definition) is 5. The highest BCUT2D eigenvalue weighted by Crippen LogP contribution is 2.22. The van der Waals surface area contributed by atoms with Gasteiger partial charge in [-0.05, 0) is 6.92 Å². The second-order valence-corrected chi connectivity index (χ2v) is 3.72. The number of carboxylic acid groups (broad SMARTS) is 1. The lowest BCUT2D eigenvalue weighted by Crippen LogP contribution is -2.40. The molecule has 0 bridgehead atoms. The molecule has 0 fully saturated rings. The number of aromatic nitrogens is 2. The first-order valence-corrected chi connectivity index (χ1v) is 4.83. The van der Waals surface area contributed by atoms with E-state index in [2.05, 4.69) is 5.10 Å². The van der Waals surface area contributed by atoms with Gasteiger partial charge < -0.3 is 9.84 Å². The smallest absolute Gasteiger partial charge is 0.331 e. The van der Waals surface area contributed by atoms with Crippen LogP contribution in [0.2, 0.25) is 0 Å². The Morgan fingerprint density at radius 1 is 1.76 bits per heavy atom. The second kappa shape index (κ2) is 4.91. The summed E-state index contributed by atoms with van der Waals surface area (Å²) in [4.78, 5) is 21.1. The summed E-state index contributed by atoms with van der Waals surface area (Å²) in [7, 11) is 1.45. The minimum Gasteiger partial charge on any atom is -0.479 e. The van der Waals surface area contributed by atoms with Crippen LogP contribution in [-0.4, -0.2) is 39.5 Å². The zero-order valence-corrected chi connectivity index (χ0v) is 9.49. The van der Waals surface area contributed by atoms with Gasteiger partial charge >= 0.3 is 11.7 Å². The molecule has 0 aliphatic carbocycles. The number of aliphatic carboxylic acids is 1. The summed E-state index contributed by atoms with van der Waals surface area (Å²) >= 11 is 0. The van der Waals surface area contributed by atoms with Crippen molar-refractivity contribution in [1.82, 2.24) is 9.78 Å². The summed E-state index contributed by atoms with van der Waals surface area (Å²) < 4.78 is 5.90. The maximum Gasteiger partial charge on any atom is 0.331 e. The maximum absolute atomic E-state index is 11.2. The van der Waals surface area contributed by atoms with Gasteiger partial charge in [-0.3, -0.25) is 10.1 Å². The third-order valence-electron chi connectivity index (χ3n) is 2.54. The van der Waals surface area contributed by atoms with E-state index in [9.17, 15) is 20.0 Å². The quantitative estimate of drug-likeness (QED) is 0.579. The van der Waals surface area contributed by atoms with Crippen molar-refractivity contribution in [3.05, 3.63) is 22.5 Å². The van der Waals surface area contributed by atoms with Crippen LogP contribution in [0, 0.1) is 10.1 Å². The molecule has 0 saturated heterocycles. The fourth-order valence-corrected chi connectivity index (χ4v) is 1.30. The van der Waals surface area contributed by atoms with Crippen molar-refractivity contribution in [1.29, 1.82) is 0 Å². The summed E-state index contributed by atoms with van der Waals surface area (Å²) in [6.45, 7) is 1.65. The minimum absolute atomic E-state index is 0.164. The van der Waals surface area contributed by atoms with Gasteiger partial charge in [0.15, 0.2) is 5.54 Å². The molecular formula is C9H13N3O5. The predicted octanol–water partition coefficient (Wildman–Crippen LogP) is 0.628. The lowest BCUT2D eigenvalue weighted by molar-refractivity contribution is -0.385. The maximum atomic E-state index is 11.2. The van der Waals surface area contributed by atoms with E-state index >= 15 is 0 Å². The van der Waals surface area contributed by atoms with Crippen LogP contribution in [0.1, 0.15) is 13.3 Å². The van der Waals surface area contributed by atoms with Gasteiger partial charge in [-0.25, -0.2) is 9.48 Å². The second-order valence-electron chi connectivity index (χ2n) is 3.72. The molecule has 1 aromatic heterocycles. The van der Waals surface area contributed by atoms with Crippen LogP contribution in [0.15, 0.2) is 12.4 Å². The number of carboxylic acids is 1. The molecule has 0 aliphatic heterocycles. The van der Waals surface area contributed by atoms with E-state index in [0.29, 0.717) is 0 Å². The zero-order valence-electron chi connectivity index (χ0n) is 9.49. The lowest BCUT2D eigenvalue weighted by Gasteiger charge is -2.24. The van der Waals surface area contributed by atoms with Crippen molar-refractivity contribution in [3.8, 4) is 0 Å². The molecule has 0 aliphatic rings. The van der Waals surface area contributed by atoms with E-state index in [-0.39, 0.29) is 18.7 Å². The molecule has 17 heavy (non-hydrogen) atoms. The highest BCUT2D eigenvalue weighted by molar-refractivity contribution is 5.76. The third-order valence-corrected chi connectivity index (χ3v) is 2.54. The molecule has 0 saturated carbocycles. The van der Waals surface area contributed by atoms with E-state index < -0.39 is 16.4 Å². The Bertz CT molecular complexity index is 430. The first kappa shape index (κ1) is 13.1. The zero-order chi connectivity index (χ0) is 13.1. The Balaban J connectivity index is 3.04. The van der Waals surface area contributed by atoms with Gasteiger partial charge in [0, 0.05) is 20.1 Å². The number of hydrogen-bond donors (Lipinski definition) is 1. The van der Waals surface area contributed by atoms with Gasteiger partial charge in [-0.2, -0.15) is 5.10 Å². The molecule has 0 amide bonds. The van der Waals surface area contributed by atoms with Gasteiger partial charge in [0.05, 0.1) is 4.92 Å². The molecule has 1 atom stereocenters. The number of rotatable bonds is 6. The highest BCUT2D eigenvalue weighted by Gasteiger charge is 2.36. The number of methoxy groups -OCH3 is 1. The molecule has 1 aromatic rings. The van der Waals surface area contributed by atoms with Crippen molar-refractivity contribution < 1.29 is 19.6 Å². The van der Waals surface area contributed by atoms with Crippen molar-refractivity contribution >= 4 is 11.7 Å². The van der Waals surface area contributed by atoms with Gasteiger partial charge in [0.25, 0.3) is 0 Å². The monoisotopic (exact) mass is 243 g/mol. The van der Waals surface area contributed by atoms with Crippen molar-refractivity contribution in [2.45, 2.75) is 18.9 Å². The number of nitro groups is 1. The van der Waals surface area contributed by atoms with E-state index in [4.69, 9.17) is 4.74 Å². The lowest BCUT2D eigenvalue weighted by atomic mass is 9.99. The van der Waals surface area contributed by atoms with E-state index in [1.165, 1.54) is 14.0 Å². The molecule has 94 valence electrons. The summed E-state index contributed by atoms with van der Waals surface area (Å²) in [6.07, 6.45) is 2.29. The average molecular weight is 243 g/mol. The highest BCUT2D eigenvalue weighted by atomic mass is 16.6. The first-order chi connectivity index (χ1) is 7.91. The molecule has 0 aromatic carbocycles. The SMILES string of the molecule is COCCC(C)(C(=O)O)n1cc([N+](=O)[O-])cn1. The predicted molar refractivity (Wildman–Crippen MR) is 56.7 cm³/mol. The summed E-state index contributed by atoms with van der Waals surface area (Å²) in [6, 6.07) is 0. The van der Waals surface area contributed by atoms with Crippen LogP contribution >= 0.6 is 0 Å². The molecule has 0 spiro atoms. The Labute approximate surface area is 97.0 Å². The van der Waals surface area contributed by atoms with Crippen molar-refractivity contribution in [3.63, 3.8) is 0 Å². The van der Waals surface area contributed by atoms with Crippen LogP contribution < -0.4 is 0 Å². The van der Waals surface area contributed by atoms with Crippen LogP contribution in [0.4, 0.5) is 5.69 Å². The minimum atomic E-state index is -1.36. The molecule has 1 unspecified atom stereocenters. The molecule has 0 radical (unpaired) electrons. The van der Waals surface area contributed by atoms with Crippen molar-refractivity contribution in [2.24, 2.45) is 0 Å². The fourth-order valence-electron chi connectivity index (χ4n) is 1.30. The molecular weight excluding hydrogens is 230 g/mol. The van der Waals surface area contributed by atoms with Crippen LogP contribution in [-0.2, 0) is 15.1 Å². The molecule has 1 rings (SSSR count). The molecule has 8 nitrogen and oxygen atoms in total. The van der Waals surface area contributed by atoms with Crippen LogP contribution in [0.3, 0.4) is 0 Å². The first-order valence-electron chi connectivity index (χ1n) is 4.83. The Morgan fingerprint density at radius 3 is 2.82 bits per heavy atom. The number of nitrogens with zero attached hydrogens (tertiary/aromatic N) is 3. The van der Waals surface area contributed by atoms with Crippen LogP contribution in [0.5, 0.6) is 0 Å². The van der Waals surface area contributed by atoms with Gasteiger partial charge in [0.2, 0.25) is 0 Å². The van der Waals surface area contributed by atoms with Gasteiger partial charge in [-0.15, -0.1) is 0 Å². The Hall–Kier alpha value is -1.96. The van der Waals surface area contributed by atoms with Gasteiger partial charge in [0.1, 0.15) is 12.4 Å². The largest absolute Gasteiger partial charge is 0.479 e. The standard InChI is InChI=1S/C9H13N3O5/c1-9(8(13)14,3-4-17-2)11-6-7(5-10-11)12(15)16/h5-6H,3-4H2,1-2H3,(H,13,14). The van der Waals surface area contributed by atoms with Gasteiger partial charge in [-0.1, -0.05) is 0 Å². The molecule has 8 heteroatoms. The summed E-state index contributed by atoms with van der Waals surface area (Å²) in [5.41, 5.74) is -1.60. The van der Waals surface area contributed by atoms with E-state index in [1.54, 1.807) is 0 Å². The average Bonchev–Trinajstić information content (AvgIpc) is 2.75.